The van der Waals surface area contributed by atoms with Gasteiger partial charge in [-0.1, -0.05) is 43.3 Å². The molecule has 0 aliphatic rings. The maximum Gasteiger partial charge on any atom is 0.214 e. The summed E-state index contributed by atoms with van der Waals surface area (Å²) in [5, 5.41) is 3.43. The highest BCUT2D eigenvalue weighted by Crippen LogP contribution is 2.29. The lowest BCUT2D eigenvalue weighted by atomic mass is 10.1. The highest BCUT2D eigenvalue weighted by atomic mass is 16.1. The summed E-state index contributed by atoms with van der Waals surface area (Å²) in [4.78, 5) is 27.1. The first-order chi connectivity index (χ1) is 16.3. The Bertz CT molecular complexity index is 1160. The molecule has 6 nitrogen and oxygen atoms in total. The zero-order valence-corrected chi connectivity index (χ0v) is 18.7. The molecule has 3 heterocycles. The normalized spacial score (nSPS) is 10.6. The van der Waals surface area contributed by atoms with Crippen molar-refractivity contribution < 1.29 is 4.79 Å². The summed E-state index contributed by atoms with van der Waals surface area (Å²) in [6.45, 7) is 3.20. The quantitative estimate of drug-likeness (QED) is 0.357. The van der Waals surface area contributed by atoms with Gasteiger partial charge in [0.2, 0.25) is 6.41 Å². The topological polar surface area (TPSA) is 71.0 Å². The minimum atomic E-state index is 0.415. The lowest BCUT2D eigenvalue weighted by Gasteiger charge is -2.21. The largest absolute Gasteiger partial charge is 0.368 e. The van der Waals surface area contributed by atoms with Crippen LogP contribution in [0.2, 0.25) is 0 Å². The number of anilines is 2. The molecule has 0 unspecified atom stereocenters. The lowest BCUT2D eigenvalue weighted by Crippen LogP contribution is -2.23. The van der Waals surface area contributed by atoms with Crippen LogP contribution >= 0.6 is 0 Å². The Balaban J connectivity index is 1.62. The van der Waals surface area contributed by atoms with Gasteiger partial charge >= 0.3 is 0 Å². The molecule has 0 fully saturated rings. The first kappa shape index (κ1) is 22.1. The fraction of sp³-hybridized carbons (Fsp3) is 0.185. The van der Waals surface area contributed by atoms with Crippen LogP contribution in [0.25, 0.3) is 11.3 Å². The zero-order chi connectivity index (χ0) is 22.9. The van der Waals surface area contributed by atoms with Crippen molar-refractivity contribution in [2.75, 3.05) is 16.8 Å². The fourth-order valence-electron chi connectivity index (χ4n) is 3.61. The lowest BCUT2D eigenvalue weighted by molar-refractivity contribution is -0.107. The van der Waals surface area contributed by atoms with E-state index in [0.717, 1.165) is 47.5 Å². The number of hydrogen-bond acceptors (Lipinski definition) is 5. The van der Waals surface area contributed by atoms with Gasteiger partial charge in [0, 0.05) is 42.8 Å². The van der Waals surface area contributed by atoms with Crippen LogP contribution in [0, 0.1) is 0 Å². The van der Waals surface area contributed by atoms with Crippen molar-refractivity contribution in [1.29, 1.82) is 0 Å². The summed E-state index contributed by atoms with van der Waals surface area (Å²) in [7, 11) is 0. The predicted molar refractivity (Wildman–Crippen MR) is 132 cm³/mol. The molecule has 0 radical (unpaired) electrons. The second kappa shape index (κ2) is 11.0. The molecule has 0 saturated carbocycles. The van der Waals surface area contributed by atoms with Crippen molar-refractivity contribution in [3.8, 4) is 11.3 Å². The van der Waals surface area contributed by atoms with E-state index < -0.39 is 0 Å². The number of aromatic nitrogens is 3. The van der Waals surface area contributed by atoms with Crippen LogP contribution in [0.3, 0.4) is 0 Å². The third-order valence-electron chi connectivity index (χ3n) is 5.44. The van der Waals surface area contributed by atoms with Gasteiger partial charge in [-0.3, -0.25) is 14.8 Å². The molecule has 0 bridgehead atoms. The number of hydrogen-bond donors (Lipinski definition) is 1. The SMILES string of the molecule is CCc1ccc(-c2ccc(N(C=O)Cc3cccnc3)c(NCCc3ccccn3)n2)cc1. The molecule has 0 atom stereocenters. The van der Waals surface area contributed by atoms with E-state index in [0.29, 0.717) is 18.9 Å². The molecule has 1 amide bonds. The monoisotopic (exact) mass is 437 g/mol. The van der Waals surface area contributed by atoms with E-state index in [9.17, 15) is 4.79 Å². The predicted octanol–water partition coefficient (Wildman–Crippen LogP) is 4.92. The average molecular weight is 438 g/mol. The van der Waals surface area contributed by atoms with Gasteiger partial charge in [-0.25, -0.2) is 4.98 Å². The van der Waals surface area contributed by atoms with Crippen molar-refractivity contribution in [1.82, 2.24) is 15.0 Å². The molecular formula is C27H27N5O. The van der Waals surface area contributed by atoms with Crippen LogP contribution in [0.1, 0.15) is 23.7 Å². The highest BCUT2D eigenvalue weighted by molar-refractivity contribution is 5.83. The molecule has 0 aliphatic heterocycles. The summed E-state index contributed by atoms with van der Waals surface area (Å²) >= 11 is 0. The van der Waals surface area contributed by atoms with Crippen molar-refractivity contribution in [3.63, 3.8) is 0 Å². The van der Waals surface area contributed by atoms with Crippen LogP contribution in [0.4, 0.5) is 11.5 Å². The molecule has 3 aromatic heterocycles. The summed E-state index contributed by atoms with van der Waals surface area (Å²) in [6, 6.07) is 22.0. The molecule has 1 N–H and O–H groups in total. The summed E-state index contributed by atoms with van der Waals surface area (Å²) in [5.74, 6) is 0.666. The Kier molecular flexibility index (Phi) is 7.38. The zero-order valence-electron chi connectivity index (χ0n) is 18.7. The van der Waals surface area contributed by atoms with Gasteiger partial charge in [0.15, 0.2) is 5.82 Å². The molecule has 0 saturated heterocycles. The summed E-state index contributed by atoms with van der Waals surface area (Å²) in [5.41, 5.74) is 5.85. The van der Waals surface area contributed by atoms with Crippen LogP contribution in [-0.2, 0) is 24.2 Å². The standard InChI is InChI=1S/C27H27N5O/c1-2-21-8-10-23(11-9-21)25-12-13-26(32(20-33)19-22-6-5-15-28-18-22)27(31-25)30-17-14-24-7-3-4-16-29-24/h3-13,15-16,18,20H,2,14,17,19H2,1H3,(H,30,31). The summed E-state index contributed by atoms with van der Waals surface area (Å²) < 4.78 is 0. The van der Waals surface area contributed by atoms with Crippen molar-refractivity contribution in [2.45, 2.75) is 26.3 Å². The van der Waals surface area contributed by atoms with Crippen molar-refractivity contribution in [2.24, 2.45) is 0 Å². The van der Waals surface area contributed by atoms with E-state index in [1.807, 2.05) is 42.5 Å². The third kappa shape index (κ3) is 5.80. The first-order valence-corrected chi connectivity index (χ1v) is 11.1. The van der Waals surface area contributed by atoms with E-state index in [2.05, 4.69) is 46.5 Å². The molecule has 4 rings (SSSR count). The van der Waals surface area contributed by atoms with Gasteiger partial charge in [-0.2, -0.15) is 0 Å². The molecule has 166 valence electrons. The Hall–Kier alpha value is -4.06. The number of aryl methyl sites for hydroxylation is 1. The molecular weight excluding hydrogens is 410 g/mol. The van der Waals surface area contributed by atoms with E-state index in [4.69, 9.17) is 4.98 Å². The van der Waals surface area contributed by atoms with Crippen LogP contribution in [-0.4, -0.2) is 27.9 Å². The number of amides is 1. The Morgan fingerprint density at radius 2 is 1.82 bits per heavy atom. The van der Waals surface area contributed by atoms with Crippen molar-refractivity contribution in [3.05, 3.63) is 102 Å². The Morgan fingerprint density at radius 1 is 0.939 bits per heavy atom. The second-order valence-electron chi connectivity index (χ2n) is 7.71. The number of carbonyl (C=O) groups excluding carboxylic acids is 1. The Labute approximate surface area is 194 Å². The van der Waals surface area contributed by atoms with E-state index in [1.54, 1.807) is 23.5 Å². The maximum atomic E-state index is 12.0. The van der Waals surface area contributed by atoms with Gasteiger partial charge in [0.25, 0.3) is 0 Å². The van der Waals surface area contributed by atoms with E-state index in [-0.39, 0.29) is 0 Å². The fourth-order valence-corrected chi connectivity index (χ4v) is 3.61. The van der Waals surface area contributed by atoms with Gasteiger partial charge < -0.3 is 10.2 Å². The molecule has 6 heteroatoms. The third-order valence-corrected chi connectivity index (χ3v) is 5.44. The molecule has 33 heavy (non-hydrogen) atoms. The number of rotatable bonds is 10. The number of carbonyl (C=O) groups is 1. The van der Waals surface area contributed by atoms with E-state index in [1.165, 1.54) is 5.56 Å². The van der Waals surface area contributed by atoms with Gasteiger partial charge in [-0.15, -0.1) is 0 Å². The van der Waals surface area contributed by atoms with Gasteiger partial charge in [0.05, 0.1) is 17.9 Å². The molecule has 0 aliphatic carbocycles. The Morgan fingerprint density at radius 3 is 2.52 bits per heavy atom. The number of nitrogens with zero attached hydrogens (tertiary/aromatic N) is 4. The minimum Gasteiger partial charge on any atom is -0.368 e. The smallest absolute Gasteiger partial charge is 0.214 e. The molecule has 1 aromatic carbocycles. The van der Waals surface area contributed by atoms with Crippen LogP contribution in [0.15, 0.2) is 85.3 Å². The number of pyridine rings is 3. The van der Waals surface area contributed by atoms with Crippen LogP contribution in [0.5, 0.6) is 0 Å². The van der Waals surface area contributed by atoms with Gasteiger partial charge in [-0.05, 0) is 47.9 Å². The highest BCUT2D eigenvalue weighted by Gasteiger charge is 2.15. The second-order valence-corrected chi connectivity index (χ2v) is 7.71. The van der Waals surface area contributed by atoms with Crippen LogP contribution < -0.4 is 10.2 Å². The number of nitrogens with one attached hydrogen (secondary N) is 1. The molecule has 4 aromatic rings. The summed E-state index contributed by atoms with van der Waals surface area (Å²) in [6.07, 6.45) is 7.86. The maximum absolute atomic E-state index is 12.0. The number of benzene rings is 1. The first-order valence-electron chi connectivity index (χ1n) is 11.1. The molecule has 0 spiro atoms. The van der Waals surface area contributed by atoms with E-state index >= 15 is 0 Å². The minimum absolute atomic E-state index is 0.415. The van der Waals surface area contributed by atoms with Crippen molar-refractivity contribution >= 4 is 17.9 Å². The average Bonchev–Trinajstić information content (AvgIpc) is 2.89. The van der Waals surface area contributed by atoms with Gasteiger partial charge in [0.1, 0.15) is 0 Å².